The Morgan fingerprint density at radius 3 is 2.33 bits per heavy atom. The number of imide groups is 4. The third-order valence-corrected chi connectivity index (χ3v) is 11.6. The molecule has 51 heavy (non-hydrogen) atoms. The van der Waals surface area contributed by atoms with E-state index < -0.39 is 64.7 Å². The molecule has 2 aliphatic carbocycles. The van der Waals surface area contributed by atoms with Crippen molar-refractivity contribution in [3.8, 4) is 11.5 Å². The van der Waals surface area contributed by atoms with Crippen LogP contribution in [0, 0.1) is 23.7 Å². The summed E-state index contributed by atoms with van der Waals surface area (Å²) in [6.45, 7) is 0. The van der Waals surface area contributed by atoms with Crippen molar-refractivity contribution in [3.63, 3.8) is 0 Å². The molecule has 4 aromatic rings. The highest BCUT2D eigenvalue weighted by Gasteiger charge is 2.70. The van der Waals surface area contributed by atoms with Gasteiger partial charge in [-0.25, -0.2) is 4.79 Å². The van der Waals surface area contributed by atoms with Crippen molar-refractivity contribution < 1.29 is 33.8 Å². The SMILES string of the molecule is COc1ccc([C@@]23C(=O)N(Nc4ccc(Cl)cc4Cl)C(=O)[C@@H]2C[C@@H]2C(=CC[C@@H]4C(=O)N(C(N)=O)C(=O)[C@@H]42)[C@@H]3c2ccc(O)c3ccccc23)cc1. The highest BCUT2D eigenvalue weighted by molar-refractivity contribution is 6.36. The van der Waals surface area contributed by atoms with Gasteiger partial charge in [-0.1, -0.05) is 77.3 Å². The number of hydrazine groups is 1. The largest absolute Gasteiger partial charge is 0.507 e. The smallest absolute Gasteiger partial charge is 0.328 e. The standard InChI is InChI=1S/C38H30Cl2N4O7/c1-51-20-9-6-18(7-10-20)38-27(34(47)44(36(38)49)42-29-14-8-19(39)16-28(29)40)17-26-24(11-12-25-31(26)35(48)43(33(25)46)37(41)50)32(38)23-13-15-30(45)22-5-3-2-4-21(22)23/h2-11,13-16,25-27,31-32,42,45H,12,17H2,1H3,(H2,41,50)/t25-,26+,27-,31-,32-,38+/m0/s1. The molecule has 0 bridgehead atoms. The van der Waals surface area contributed by atoms with Crippen LogP contribution in [0.15, 0.2) is 90.5 Å². The Labute approximate surface area is 301 Å². The van der Waals surface area contributed by atoms with E-state index in [0.717, 1.165) is 5.01 Å². The number of nitrogens with two attached hydrogens (primary N) is 1. The molecule has 2 saturated heterocycles. The van der Waals surface area contributed by atoms with E-state index in [4.69, 9.17) is 33.7 Å². The Morgan fingerprint density at radius 1 is 0.922 bits per heavy atom. The number of ether oxygens (including phenoxy) is 1. The number of phenolic OH excluding ortho intramolecular Hbond substituents is 1. The molecule has 11 nitrogen and oxygen atoms in total. The van der Waals surface area contributed by atoms with Gasteiger partial charge in [0, 0.05) is 16.3 Å². The molecule has 4 aliphatic rings. The molecule has 0 aromatic heterocycles. The third-order valence-electron chi connectivity index (χ3n) is 11.0. The number of hydrogen-bond acceptors (Lipinski definition) is 8. The lowest BCUT2D eigenvalue weighted by Crippen LogP contribution is -2.53. The first-order chi connectivity index (χ1) is 24.5. The van der Waals surface area contributed by atoms with E-state index in [2.05, 4.69) is 5.43 Å². The topological polar surface area (TPSA) is 159 Å². The number of nitrogens with zero attached hydrogens (tertiary/aromatic N) is 2. The molecule has 6 amide bonds. The Morgan fingerprint density at radius 2 is 1.65 bits per heavy atom. The minimum Gasteiger partial charge on any atom is -0.507 e. The van der Waals surface area contributed by atoms with Crippen molar-refractivity contribution in [2.75, 3.05) is 12.5 Å². The van der Waals surface area contributed by atoms with Gasteiger partial charge in [0.25, 0.3) is 11.8 Å². The van der Waals surface area contributed by atoms with Crippen LogP contribution >= 0.6 is 23.2 Å². The van der Waals surface area contributed by atoms with E-state index >= 15 is 4.79 Å². The summed E-state index contributed by atoms with van der Waals surface area (Å²) in [7, 11) is 1.52. The maximum absolute atomic E-state index is 15.4. The molecule has 4 aromatic carbocycles. The van der Waals surface area contributed by atoms with E-state index in [1.807, 2.05) is 18.2 Å². The summed E-state index contributed by atoms with van der Waals surface area (Å²) in [5.74, 6) is -6.49. The molecule has 0 unspecified atom stereocenters. The molecule has 3 fully saturated rings. The molecule has 2 heterocycles. The van der Waals surface area contributed by atoms with Gasteiger partial charge in [0.15, 0.2) is 0 Å². The quantitative estimate of drug-likeness (QED) is 0.169. The highest BCUT2D eigenvalue weighted by atomic mass is 35.5. The minimum atomic E-state index is -1.60. The fraction of sp³-hybridized carbons (Fsp3) is 0.237. The van der Waals surface area contributed by atoms with Crippen LogP contribution in [0.4, 0.5) is 10.5 Å². The van der Waals surface area contributed by atoms with Crippen LogP contribution in [0.25, 0.3) is 10.8 Å². The summed E-state index contributed by atoms with van der Waals surface area (Å²) in [5, 5.41) is 13.6. The molecule has 2 aliphatic heterocycles. The van der Waals surface area contributed by atoms with E-state index in [0.29, 0.717) is 43.1 Å². The number of aromatic hydroxyl groups is 1. The van der Waals surface area contributed by atoms with Crippen molar-refractivity contribution >= 4 is 69.3 Å². The second-order valence-corrected chi connectivity index (χ2v) is 14.1. The van der Waals surface area contributed by atoms with Crippen LogP contribution in [0.5, 0.6) is 11.5 Å². The van der Waals surface area contributed by atoms with Gasteiger partial charge >= 0.3 is 6.03 Å². The zero-order chi connectivity index (χ0) is 35.9. The third kappa shape index (κ3) is 4.61. The molecule has 0 spiro atoms. The summed E-state index contributed by atoms with van der Waals surface area (Å²) in [5.41, 5.74) is 8.98. The van der Waals surface area contributed by atoms with Crippen LogP contribution < -0.4 is 15.9 Å². The molecule has 1 saturated carbocycles. The number of amides is 6. The second-order valence-electron chi connectivity index (χ2n) is 13.3. The van der Waals surface area contributed by atoms with Gasteiger partial charge in [0.1, 0.15) is 11.5 Å². The Hall–Kier alpha value is -5.39. The number of carbonyl (C=O) groups excluding carboxylic acids is 5. The Kier molecular flexibility index (Phi) is 7.62. The average molecular weight is 726 g/mol. The average Bonchev–Trinajstić information content (AvgIpc) is 3.50. The number of fused-ring (bicyclic) bond motifs is 5. The maximum atomic E-state index is 15.4. The number of rotatable bonds is 5. The summed E-state index contributed by atoms with van der Waals surface area (Å²) in [6, 6.07) is 20.9. The van der Waals surface area contributed by atoms with Gasteiger partial charge in [0.2, 0.25) is 11.8 Å². The number of allylic oxidation sites excluding steroid dienone is 2. The number of urea groups is 1. The molecular formula is C38H30Cl2N4O7. The number of benzene rings is 4. The number of hydrogen-bond donors (Lipinski definition) is 3. The van der Waals surface area contributed by atoms with Crippen molar-refractivity contribution in [2.24, 2.45) is 29.4 Å². The summed E-state index contributed by atoms with van der Waals surface area (Å²) in [4.78, 5) is 70.5. The van der Waals surface area contributed by atoms with Gasteiger partial charge in [-0.15, -0.1) is 0 Å². The van der Waals surface area contributed by atoms with E-state index in [-0.39, 0.29) is 29.3 Å². The van der Waals surface area contributed by atoms with Crippen LogP contribution in [0.2, 0.25) is 10.0 Å². The predicted octanol–water partition coefficient (Wildman–Crippen LogP) is 5.92. The lowest BCUT2D eigenvalue weighted by atomic mass is 9.49. The van der Waals surface area contributed by atoms with Crippen molar-refractivity contribution in [1.82, 2.24) is 9.91 Å². The van der Waals surface area contributed by atoms with E-state index in [1.165, 1.54) is 13.2 Å². The fourth-order valence-electron chi connectivity index (χ4n) is 8.96. The summed E-state index contributed by atoms with van der Waals surface area (Å²) >= 11 is 12.7. The molecule has 258 valence electrons. The van der Waals surface area contributed by atoms with E-state index in [1.54, 1.807) is 60.7 Å². The van der Waals surface area contributed by atoms with Crippen molar-refractivity contribution in [1.29, 1.82) is 0 Å². The van der Waals surface area contributed by atoms with Crippen LogP contribution in [-0.2, 0) is 24.6 Å². The highest BCUT2D eigenvalue weighted by Crippen LogP contribution is 2.65. The molecular weight excluding hydrogens is 695 g/mol. The van der Waals surface area contributed by atoms with E-state index in [9.17, 15) is 24.3 Å². The van der Waals surface area contributed by atoms with Gasteiger partial charge in [0.05, 0.1) is 41.0 Å². The fourth-order valence-corrected chi connectivity index (χ4v) is 9.41. The first-order valence-electron chi connectivity index (χ1n) is 16.3. The minimum absolute atomic E-state index is 0.00820. The first kappa shape index (κ1) is 32.8. The number of likely N-dealkylation sites (tertiary alicyclic amines) is 1. The number of nitrogens with one attached hydrogen (secondary N) is 1. The molecule has 13 heteroatoms. The Balaban J connectivity index is 1.41. The lowest BCUT2D eigenvalue weighted by molar-refractivity contribution is -0.139. The zero-order valence-electron chi connectivity index (χ0n) is 27.0. The van der Waals surface area contributed by atoms with Crippen molar-refractivity contribution in [3.05, 3.63) is 112 Å². The van der Waals surface area contributed by atoms with Crippen LogP contribution in [0.1, 0.15) is 29.9 Å². The number of phenols is 1. The van der Waals surface area contributed by atoms with Gasteiger partial charge < -0.3 is 15.6 Å². The van der Waals surface area contributed by atoms with Crippen LogP contribution in [-0.4, -0.2) is 51.8 Å². The van der Waals surface area contributed by atoms with Gasteiger partial charge in [-0.05, 0) is 71.7 Å². The predicted molar refractivity (Wildman–Crippen MR) is 188 cm³/mol. The van der Waals surface area contributed by atoms with Gasteiger partial charge in [-0.2, -0.15) is 9.91 Å². The maximum Gasteiger partial charge on any atom is 0.328 e. The van der Waals surface area contributed by atoms with Crippen molar-refractivity contribution in [2.45, 2.75) is 24.2 Å². The van der Waals surface area contributed by atoms with Crippen LogP contribution in [0.3, 0.4) is 0 Å². The normalized spacial score (nSPS) is 26.9. The molecule has 6 atom stereocenters. The Bertz CT molecular complexity index is 2240. The molecule has 4 N–H and O–H groups in total. The number of methoxy groups -OCH3 is 1. The van der Waals surface area contributed by atoms with Gasteiger partial charge in [-0.3, -0.25) is 24.6 Å². The first-order valence-corrected chi connectivity index (χ1v) is 17.1. The number of carbonyl (C=O) groups is 5. The number of anilines is 1. The molecule has 0 radical (unpaired) electrons. The lowest BCUT2D eigenvalue weighted by Gasteiger charge is -2.51. The zero-order valence-corrected chi connectivity index (χ0v) is 28.5. The summed E-state index contributed by atoms with van der Waals surface area (Å²) < 4.78 is 5.45. The monoisotopic (exact) mass is 724 g/mol. The number of halogens is 2. The number of primary amides is 1. The second kappa shape index (κ2) is 11.9. The summed E-state index contributed by atoms with van der Waals surface area (Å²) in [6.07, 6.45) is 2.00. The molecule has 8 rings (SSSR count).